The fraction of sp³-hybridized carbons (Fsp3) is 0.875. The van der Waals surface area contributed by atoms with Crippen LogP contribution in [0.3, 0.4) is 0 Å². The molecule has 1 saturated carbocycles. The van der Waals surface area contributed by atoms with Crippen molar-refractivity contribution in [2.45, 2.75) is 50.6 Å². The number of hydrogen-bond donors (Lipinski definition) is 2. The van der Waals surface area contributed by atoms with E-state index in [2.05, 4.69) is 10.6 Å². The highest BCUT2D eigenvalue weighted by atomic mass is 16.5. The molecule has 6 heteroatoms. The van der Waals surface area contributed by atoms with Crippen molar-refractivity contribution in [3.8, 4) is 0 Å². The Morgan fingerprint density at radius 3 is 2.73 bits per heavy atom. The van der Waals surface area contributed by atoms with Crippen LogP contribution in [0.4, 0.5) is 0 Å². The van der Waals surface area contributed by atoms with E-state index in [1.165, 1.54) is 25.7 Å². The van der Waals surface area contributed by atoms with Crippen LogP contribution in [0.15, 0.2) is 0 Å². The lowest BCUT2D eigenvalue weighted by atomic mass is 9.85. The predicted octanol–water partition coefficient (Wildman–Crippen LogP) is 0.272. The fourth-order valence-electron chi connectivity index (χ4n) is 3.91. The van der Waals surface area contributed by atoms with E-state index in [0.29, 0.717) is 51.2 Å². The van der Waals surface area contributed by atoms with Crippen molar-refractivity contribution >= 4 is 11.8 Å². The number of fused-ring (bicyclic) bond motifs is 1. The molecule has 3 unspecified atom stereocenters. The first-order valence-electron chi connectivity index (χ1n) is 8.63. The third kappa shape index (κ3) is 3.79. The molecule has 124 valence electrons. The summed E-state index contributed by atoms with van der Waals surface area (Å²) in [6, 6.07) is 0.464. The molecular formula is C16H27N3O3. The van der Waals surface area contributed by atoms with Crippen molar-refractivity contribution < 1.29 is 14.3 Å². The zero-order valence-corrected chi connectivity index (χ0v) is 13.2. The van der Waals surface area contributed by atoms with E-state index in [9.17, 15) is 9.59 Å². The number of nitrogens with one attached hydrogen (secondary N) is 2. The Balaban J connectivity index is 1.36. The second kappa shape index (κ2) is 7.42. The van der Waals surface area contributed by atoms with Gasteiger partial charge < -0.3 is 20.3 Å². The summed E-state index contributed by atoms with van der Waals surface area (Å²) in [5.74, 6) is 0.834. The molecule has 3 rings (SSSR count). The monoisotopic (exact) mass is 309 g/mol. The van der Waals surface area contributed by atoms with Crippen molar-refractivity contribution in [1.82, 2.24) is 15.5 Å². The van der Waals surface area contributed by atoms with E-state index in [0.717, 1.165) is 6.42 Å². The maximum Gasteiger partial charge on any atom is 0.237 e. The fourth-order valence-corrected chi connectivity index (χ4v) is 3.91. The maximum atomic E-state index is 12.2. The van der Waals surface area contributed by atoms with Gasteiger partial charge in [-0.05, 0) is 25.2 Å². The van der Waals surface area contributed by atoms with Crippen molar-refractivity contribution in [2.75, 3.05) is 32.8 Å². The minimum Gasteiger partial charge on any atom is -0.378 e. The van der Waals surface area contributed by atoms with Crippen LogP contribution < -0.4 is 10.6 Å². The van der Waals surface area contributed by atoms with Crippen LogP contribution in [0, 0.1) is 5.92 Å². The van der Waals surface area contributed by atoms with Gasteiger partial charge in [-0.1, -0.05) is 12.8 Å². The largest absolute Gasteiger partial charge is 0.378 e. The van der Waals surface area contributed by atoms with E-state index in [1.807, 2.05) is 4.90 Å². The van der Waals surface area contributed by atoms with Gasteiger partial charge in [0.05, 0.1) is 19.3 Å². The van der Waals surface area contributed by atoms with Gasteiger partial charge in [0.15, 0.2) is 0 Å². The molecule has 3 atom stereocenters. The average Bonchev–Trinajstić information content (AvgIpc) is 2.99. The van der Waals surface area contributed by atoms with Crippen molar-refractivity contribution in [3.63, 3.8) is 0 Å². The second-order valence-electron chi connectivity index (χ2n) is 6.64. The Morgan fingerprint density at radius 2 is 1.95 bits per heavy atom. The van der Waals surface area contributed by atoms with Gasteiger partial charge in [-0.2, -0.15) is 0 Å². The summed E-state index contributed by atoms with van der Waals surface area (Å²) < 4.78 is 5.23. The molecule has 6 nitrogen and oxygen atoms in total. The molecule has 2 N–H and O–H groups in total. The Bertz CT molecular complexity index is 395. The smallest absolute Gasteiger partial charge is 0.237 e. The summed E-state index contributed by atoms with van der Waals surface area (Å²) in [7, 11) is 0. The molecular weight excluding hydrogens is 282 g/mol. The Kier molecular flexibility index (Phi) is 5.31. The number of rotatable bonds is 4. The second-order valence-corrected chi connectivity index (χ2v) is 6.64. The highest BCUT2D eigenvalue weighted by Gasteiger charge is 2.38. The number of carbonyl (C=O) groups excluding carboxylic acids is 2. The van der Waals surface area contributed by atoms with Gasteiger partial charge in [0.25, 0.3) is 0 Å². The van der Waals surface area contributed by atoms with Gasteiger partial charge in [0.2, 0.25) is 11.8 Å². The highest BCUT2D eigenvalue weighted by molar-refractivity contribution is 5.83. The minimum atomic E-state index is -0.0633. The van der Waals surface area contributed by atoms with Crippen LogP contribution in [-0.4, -0.2) is 61.6 Å². The molecule has 0 spiro atoms. The summed E-state index contributed by atoms with van der Waals surface area (Å²) >= 11 is 0. The number of ether oxygens (including phenoxy) is 1. The minimum absolute atomic E-state index is 0.0594. The quantitative estimate of drug-likeness (QED) is 0.782. The summed E-state index contributed by atoms with van der Waals surface area (Å²) in [4.78, 5) is 26.1. The molecule has 2 saturated heterocycles. The molecule has 0 aromatic heterocycles. The summed E-state index contributed by atoms with van der Waals surface area (Å²) in [5, 5.41) is 6.39. The van der Waals surface area contributed by atoms with Crippen LogP contribution in [0.1, 0.15) is 38.5 Å². The van der Waals surface area contributed by atoms with Gasteiger partial charge in [-0.3, -0.25) is 9.59 Å². The van der Waals surface area contributed by atoms with E-state index in [4.69, 9.17) is 4.74 Å². The number of morpholine rings is 1. The Morgan fingerprint density at radius 1 is 1.18 bits per heavy atom. The number of carbonyl (C=O) groups is 2. The van der Waals surface area contributed by atoms with Gasteiger partial charge in [0, 0.05) is 32.1 Å². The molecule has 3 fully saturated rings. The van der Waals surface area contributed by atoms with E-state index >= 15 is 0 Å². The lowest BCUT2D eigenvalue weighted by Crippen LogP contribution is -2.45. The molecule has 0 aromatic rings. The topological polar surface area (TPSA) is 70.7 Å². The number of hydrogen-bond acceptors (Lipinski definition) is 4. The molecule has 2 heterocycles. The molecule has 2 aliphatic heterocycles. The van der Waals surface area contributed by atoms with Gasteiger partial charge >= 0.3 is 0 Å². The van der Waals surface area contributed by atoms with Crippen LogP contribution in [0.25, 0.3) is 0 Å². The van der Waals surface area contributed by atoms with Crippen molar-refractivity contribution in [1.29, 1.82) is 0 Å². The number of nitrogens with zero attached hydrogens (tertiary/aromatic N) is 1. The first kappa shape index (κ1) is 15.7. The molecule has 0 aromatic carbocycles. The van der Waals surface area contributed by atoms with Crippen LogP contribution in [0.2, 0.25) is 0 Å². The third-order valence-corrected chi connectivity index (χ3v) is 5.18. The molecule has 0 bridgehead atoms. The molecule has 3 aliphatic rings. The van der Waals surface area contributed by atoms with Crippen LogP contribution in [-0.2, 0) is 14.3 Å². The van der Waals surface area contributed by atoms with Crippen molar-refractivity contribution in [2.24, 2.45) is 5.92 Å². The van der Waals surface area contributed by atoms with E-state index in [1.54, 1.807) is 0 Å². The number of amides is 2. The zero-order chi connectivity index (χ0) is 15.4. The zero-order valence-electron chi connectivity index (χ0n) is 13.2. The molecule has 22 heavy (non-hydrogen) atoms. The average molecular weight is 309 g/mol. The third-order valence-electron chi connectivity index (χ3n) is 5.18. The molecule has 0 radical (unpaired) electrons. The first-order chi connectivity index (χ1) is 10.7. The SMILES string of the molecule is O=C(NCCC(=O)N1CCOCC1)C1CC2CCCCC2N1. The van der Waals surface area contributed by atoms with Gasteiger partial charge in [-0.25, -0.2) is 0 Å². The first-order valence-corrected chi connectivity index (χ1v) is 8.63. The summed E-state index contributed by atoms with van der Waals surface area (Å²) in [6.07, 6.45) is 6.35. The van der Waals surface area contributed by atoms with E-state index in [-0.39, 0.29) is 17.9 Å². The van der Waals surface area contributed by atoms with Crippen LogP contribution >= 0.6 is 0 Å². The lowest BCUT2D eigenvalue weighted by molar-refractivity contribution is -0.135. The predicted molar refractivity (Wildman–Crippen MR) is 82.3 cm³/mol. The summed E-state index contributed by atoms with van der Waals surface area (Å²) in [6.45, 7) is 3.00. The Labute approximate surface area is 131 Å². The highest BCUT2D eigenvalue weighted by Crippen LogP contribution is 2.33. The Hall–Kier alpha value is -1.14. The molecule has 2 amide bonds. The maximum absolute atomic E-state index is 12.2. The van der Waals surface area contributed by atoms with Crippen LogP contribution in [0.5, 0.6) is 0 Å². The normalized spacial score (nSPS) is 31.6. The molecule has 1 aliphatic carbocycles. The van der Waals surface area contributed by atoms with Gasteiger partial charge in [0.1, 0.15) is 0 Å². The van der Waals surface area contributed by atoms with Gasteiger partial charge in [-0.15, -0.1) is 0 Å². The van der Waals surface area contributed by atoms with E-state index < -0.39 is 0 Å². The standard InChI is InChI=1S/C16H27N3O3/c20-15(19-7-9-22-10-8-19)5-6-17-16(21)14-11-12-3-1-2-4-13(12)18-14/h12-14,18H,1-11H2,(H,17,21). The lowest BCUT2D eigenvalue weighted by Gasteiger charge is -2.27. The summed E-state index contributed by atoms with van der Waals surface area (Å²) in [5.41, 5.74) is 0. The van der Waals surface area contributed by atoms with Crippen molar-refractivity contribution in [3.05, 3.63) is 0 Å².